The Bertz CT molecular complexity index is 1050. The minimum atomic E-state index is 0.0324. The zero-order valence-electron chi connectivity index (χ0n) is 20.1. The second-order valence-corrected chi connectivity index (χ2v) is 9.17. The van der Waals surface area contributed by atoms with Crippen LogP contribution in [-0.2, 0) is 24.2 Å². The van der Waals surface area contributed by atoms with Crippen LogP contribution in [0.1, 0.15) is 47.9 Å². The van der Waals surface area contributed by atoms with E-state index in [0.29, 0.717) is 12.4 Å². The van der Waals surface area contributed by atoms with Gasteiger partial charge in [-0.3, -0.25) is 9.69 Å². The molecule has 1 N–H and O–H groups in total. The normalized spacial score (nSPS) is 16.6. The first kappa shape index (κ1) is 23.2. The highest BCUT2D eigenvalue weighted by atomic mass is 16.4. The van der Waals surface area contributed by atoms with E-state index >= 15 is 0 Å². The molecular formula is C28H35N3O2. The number of nitrogens with zero attached hydrogens (tertiary/aromatic N) is 2. The molecule has 1 aromatic heterocycles. The molecule has 5 nitrogen and oxygen atoms in total. The van der Waals surface area contributed by atoms with Gasteiger partial charge in [0.15, 0.2) is 0 Å². The fourth-order valence-electron chi connectivity index (χ4n) is 4.44. The van der Waals surface area contributed by atoms with E-state index in [-0.39, 0.29) is 11.8 Å². The molecule has 1 amide bonds. The number of likely N-dealkylation sites (tertiary alicyclic amines) is 1. The molecule has 1 unspecified atom stereocenters. The van der Waals surface area contributed by atoms with Gasteiger partial charge in [-0.15, -0.1) is 0 Å². The Morgan fingerprint density at radius 3 is 2.55 bits per heavy atom. The molecule has 2 aromatic carbocycles. The first-order valence-electron chi connectivity index (χ1n) is 12.1. The number of aromatic nitrogens is 1. The van der Waals surface area contributed by atoms with Crippen LogP contribution in [0.3, 0.4) is 0 Å². The van der Waals surface area contributed by atoms with Crippen LogP contribution < -0.4 is 5.32 Å². The summed E-state index contributed by atoms with van der Waals surface area (Å²) < 4.78 is 5.98. The average Bonchev–Trinajstić information content (AvgIpc) is 3.20. The molecule has 2 heterocycles. The van der Waals surface area contributed by atoms with Crippen molar-refractivity contribution in [3.05, 3.63) is 76.7 Å². The first-order chi connectivity index (χ1) is 16.0. The van der Waals surface area contributed by atoms with Crippen molar-refractivity contribution in [2.45, 2.75) is 53.0 Å². The van der Waals surface area contributed by atoms with E-state index in [1.165, 1.54) is 16.7 Å². The molecule has 1 saturated heterocycles. The van der Waals surface area contributed by atoms with Crippen molar-refractivity contribution in [1.29, 1.82) is 0 Å². The summed E-state index contributed by atoms with van der Waals surface area (Å²) >= 11 is 0. The van der Waals surface area contributed by atoms with Gasteiger partial charge in [0.1, 0.15) is 5.76 Å². The maximum absolute atomic E-state index is 12.8. The Balaban J connectivity index is 1.30. The van der Waals surface area contributed by atoms with Crippen LogP contribution in [0.25, 0.3) is 11.5 Å². The molecule has 1 aliphatic heterocycles. The van der Waals surface area contributed by atoms with Crippen LogP contribution in [0, 0.1) is 19.8 Å². The van der Waals surface area contributed by atoms with Crippen molar-refractivity contribution < 1.29 is 9.21 Å². The van der Waals surface area contributed by atoms with Gasteiger partial charge in [-0.25, -0.2) is 4.98 Å². The summed E-state index contributed by atoms with van der Waals surface area (Å²) in [5.41, 5.74) is 5.79. The predicted molar refractivity (Wildman–Crippen MR) is 132 cm³/mol. The molecular weight excluding hydrogens is 410 g/mol. The van der Waals surface area contributed by atoms with E-state index in [9.17, 15) is 4.79 Å². The van der Waals surface area contributed by atoms with Gasteiger partial charge in [-0.2, -0.15) is 0 Å². The first-order valence-corrected chi connectivity index (χ1v) is 12.1. The molecule has 3 aromatic rings. The van der Waals surface area contributed by atoms with E-state index in [0.717, 1.165) is 62.3 Å². The van der Waals surface area contributed by atoms with Gasteiger partial charge < -0.3 is 9.73 Å². The van der Waals surface area contributed by atoms with Crippen molar-refractivity contribution in [2.24, 2.45) is 5.92 Å². The summed E-state index contributed by atoms with van der Waals surface area (Å²) in [4.78, 5) is 19.9. The minimum Gasteiger partial charge on any atom is -0.441 e. The quantitative estimate of drug-likeness (QED) is 0.525. The third-order valence-electron chi connectivity index (χ3n) is 6.58. The van der Waals surface area contributed by atoms with Crippen LogP contribution in [-0.4, -0.2) is 35.4 Å². The van der Waals surface area contributed by atoms with E-state index in [2.05, 4.69) is 72.6 Å². The number of benzene rings is 2. The Hall–Kier alpha value is -2.92. The molecule has 1 aliphatic rings. The lowest BCUT2D eigenvalue weighted by atomic mass is 9.97. The summed E-state index contributed by atoms with van der Waals surface area (Å²) in [5.74, 6) is 1.73. The number of nitrogens with one attached hydrogen (secondary N) is 1. The van der Waals surface area contributed by atoms with E-state index in [1.807, 2.05) is 6.92 Å². The molecule has 174 valence electrons. The molecule has 0 spiro atoms. The smallest absolute Gasteiger partial charge is 0.226 e. The van der Waals surface area contributed by atoms with E-state index < -0.39 is 0 Å². The van der Waals surface area contributed by atoms with Gasteiger partial charge in [-0.05, 0) is 69.3 Å². The lowest BCUT2D eigenvalue weighted by Crippen LogP contribution is -2.43. The van der Waals surface area contributed by atoms with Gasteiger partial charge in [0, 0.05) is 25.2 Å². The van der Waals surface area contributed by atoms with Gasteiger partial charge in [0.2, 0.25) is 11.8 Å². The second kappa shape index (κ2) is 10.8. The number of amides is 1. The molecule has 33 heavy (non-hydrogen) atoms. The molecule has 4 rings (SSSR count). The highest BCUT2D eigenvalue weighted by Crippen LogP contribution is 2.25. The van der Waals surface area contributed by atoms with Crippen molar-refractivity contribution in [1.82, 2.24) is 15.2 Å². The number of aryl methyl sites for hydroxylation is 3. The van der Waals surface area contributed by atoms with Crippen molar-refractivity contribution in [3.8, 4) is 11.5 Å². The minimum absolute atomic E-state index is 0.0324. The third kappa shape index (κ3) is 6.11. The zero-order valence-corrected chi connectivity index (χ0v) is 20.1. The van der Waals surface area contributed by atoms with Crippen molar-refractivity contribution in [3.63, 3.8) is 0 Å². The summed E-state index contributed by atoms with van der Waals surface area (Å²) in [5, 5.41) is 3.15. The number of piperidine rings is 1. The van der Waals surface area contributed by atoms with Crippen LogP contribution in [0.15, 0.2) is 52.9 Å². The van der Waals surface area contributed by atoms with Gasteiger partial charge in [0.25, 0.3) is 0 Å². The number of carbonyl (C=O) groups excluding carboxylic acids is 1. The number of carbonyl (C=O) groups is 1. The maximum atomic E-state index is 12.8. The van der Waals surface area contributed by atoms with E-state index in [1.54, 1.807) is 0 Å². The van der Waals surface area contributed by atoms with Crippen molar-refractivity contribution >= 4 is 5.91 Å². The highest BCUT2D eigenvalue weighted by molar-refractivity contribution is 5.79. The third-order valence-corrected chi connectivity index (χ3v) is 6.58. The molecule has 0 radical (unpaired) electrons. The van der Waals surface area contributed by atoms with Gasteiger partial charge in [0.05, 0.1) is 11.6 Å². The Morgan fingerprint density at radius 2 is 1.82 bits per heavy atom. The Labute approximate surface area is 197 Å². The summed E-state index contributed by atoms with van der Waals surface area (Å²) in [6.45, 7) is 9.37. The monoisotopic (exact) mass is 445 g/mol. The van der Waals surface area contributed by atoms with Crippen LogP contribution in [0.5, 0.6) is 0 Å². The standard InChI is InChI=1S/C28H35N3O2/c1-4-22-11-13-24(14-12-22)28-30-26(21(3)33-28)19-31-17-5-6-25(18-31)27(32)29-16-15-23-9-7-20(2)8-10-23/h7-14,25H,4-6,15-19H2,1-3H3,(H,29,32). The second-order valence-electron chi connectivity index (χ2n) is 9.17. The lowest BCUT2D eigenvalue weighted by molar-refractivity contribution is -0.126. The van der Waals surface area contributed by atoms with E-state index in [4.69, 9.17) is 9.40 Å². The fourth-order valence-corrected chi connectivity index (χ4v) is 4.44. The number of oxazole rings is 1. The molecule has 0 saturated carbocycles. The molecule has 0 aliphatic carbocycles. The molecule has 1 fully saturated rings. The molecule has 0 bridgehead atoms. The Kier molecular flexibility index (Phi) is 7.61. The number of rotatable bonds is 8. The zero-order chi connectivity index (χ0) is 23.2. The number of hydrogen-bond donors (Lipinski definition) is 1. The summed E-state index contributed by atoms with van der Waals surface area (Å²) in [7, 11) is 0. The number of hydrogen-bond acceptors (Lipinski definition) is 4. The summed E-state index contributed by atoms with van der Waals surface area (Å²) in [6.07, 6.45) is 3.85. The molecule has 5 heteroatoms. The molecule has 1 atom stereocenters. The average molecular weight is 446 g/mol. The predicted octanol–water partition coefficient (Wildman–Crippen LogP) is 5.09. The lowest BCUT2D eigenvalue weighted by Gasteiger charge is -2.31. The van der Waals surface area contributed by atoms with Crippen LogP contribution in [0.2, 0.25) is 0 Å². The van der Waals surface area contributed by atoms with Crippen LogP contribution >= 0.6 is 0 Å². The topological polar surface area (TPSA) is 58.4 Å². The maximum Gasteiger partial charge on any atom is 0.226 e. The highest BCUT2D eigenvalue weighted by Gasteiger charge is 2.26. The van der Waals surface area contributed by atoms with Gasteiger partial charge in [-0.1, -0.05) is 48.9 Å². The van der Waals surface area contributed by atoms with Gasteiger partial charge >= 0.3 is 0 Å². The fraction of sp³-hybridized carbons (Fsp3) is 0.429. The summed E-state index contributed by atoms with van der Waals surface area (Å²) in [6, 6.07) is 16.9. The SMILES string of the molecule is CCc1ccc(-c2nc(CN3CCCC(C(=O)NCCc4ccc(C)cc4)C3)c(C)o2)cc1. The van der Waals surface area contributed by atoms with Crippen LogP contribution in [0.4, 0.5) is 0 Å². The van der Waals surface area contributed by atoms with Crippen molar-refractivity contribution in [2.75, 3.05) is 19.6 Å². The largest absolute Gasteiger partial charge is 0.441 e. The Morgan fingerprint density at radius 1 is 1.09 bits per heavy atom.